The number of carbonyl (C=O) groups excluding carboxylic acids is 1. The number of carbonyl (C=O) groups is 1. The smallest absolute Gasteiger partial charge is 0.149 e. The molecule has 0 saturated heterocycles. The first-order chi connectivity index (χ1) is 8.63. The summed E-state index contributed by atoms with van der Waals surface area (Å²) in [4.78, 5) is 11.3. The van der Waals surface area contributed by atoms with Crippen LogP contribution in [0.5, 0.6) is 0 Å². The lowest BCUT2D eigenvalue weighted by Crippen LogP contribution is -2.49. The molecule has 0 heterocycles. The molecule has 0 unspecified atom stereocenters. The predicted molar refractivity (Wildman–Crippen MR) is 81.6 cm³/mol. The molecule has 0 fully saturated rings. The summed E-state index contributed by atoms with van der Waals surface area (Å²) < 4.78 is 0. The first-order valence-corrected chi connectivity index (χ1v) is 6.86. The fraction of sp³-hybridized carbons (Fsp3) is 0.857. The lowest BCUT2D eigenvalue weighted by atomic mass is 9.99. The molecule has 0 amide bonds. The molecule has 19 heavy (non-hydrogen) atoms. The average Bonchev–Trinajstić information content (AvgIpc) is 2.28. The lowest BCUT2D eigenvalue weighted by Gasteiger charge is -2.27. The number of hydrogen-bond acceptors (Lipinski definition) is 5. The Labute approximate surface area is 117 Å². The Bertz CT molecular complexity index is 321. The first-order valence-electron chi connectivity index (χ1n) is 6.86. The third-order valence-corrected chi connectivity index (χ3v) is 3.55. The highest BCUT2D eigenvalue weighted by molar-refractivity contribution is 5.90. The Morgan fingerprint density at radius 3 is 1.89 bits per heavy atom. The zero-order valence-electron chi connectivity index (χ0n) is 13.5. The molecule has 0 rings (SSSR count). The number of nitrogens with one attached hydrogen (secondary N) is 3. The fourth-order valence-electron chi connectivity index (χ4n) is 1.45. The van der Waals surface area contributed by atoms with Crippen LogP contribution in [-0.4, -0.2) is 42.7 Å². The van der Waals surface area contributed by atoms with Crippen molar-refractivity contribution in [2.45, 2.75) is 59.0 Å². The van der Waals surface area contributed by atoms with E-state index in [9.17, 15) is 4.79 Å². The molecule has 0 bridgehead atoms. The maximum absolute atomic E-state index is 11.3. The van der Waals surface area contributed by atoms with E-state index in [1.807, 2.05) is 20.8 Å². The Hall–Kier alpha value is -0.940. The maximum Gasteiger partial charge on any atom is 0.149 e. The van der Waals surface area contributed by atoms with Crippen LogP contribution in [0.15, 0.2) is 5.10 Å². The van der Waals surface area contributed by atoms with Crippen molar-refractivity contribution in [3.63, 3.8) is 0 Å². The van der Waals surface area contributed by atoms with Gasteiger partial charge < -0.3 is 16.1 Å². The highest BCUT2D eigenvalue weighted by atomic mass is 16.1. The molecular formula is C14H30N4O. The van der Waals surface area contributed by atoms with E-state index in [4.69, 9.17) is 0 Å². The number of ketones is 1. The minimum absolute atomic E-state index is 0.126. The highest BCUT2D eigenvalue weighted by Crippen LogP contribution is 2.05. The molecule has 0 aromatic rings. The Kier molecular flexibility index (Phi) is 7.23. The van der Waals surface area contributed by atoms with Crippen molar-refractivity contribution in [1.29, 1.82) is 0 Å². The van der Waals surface area contributed by atoms with Gasteiger partial charge in [-0.1, -0.05) is 0 Å². The topological polar surface area (TPSA) is 65.5 Å². The summed E-state index contributed by atoms with van der Waals surface area (Å²) in [5.74, 6) is 0.165. The van der Waals surface area contributed by atoms with Crippen LogP contribution in [0.4, 0.5) is 0 Å². The quantitative estimate of drug-likeness (QED) is 0.336. The largest absolute Gasteiger partial charge is 0.313 e. The van der Waals surface area contributed by atoms with Crippen molar-refractivity contribution in [1.82, 2.24) is 16.1 Å². The Morgan fingerprint density at radius 1 is 1.00 bits per heavy atom. The highest BCUT2D eigenvalue weighted by Gasteiger charge is 2.23. The van der Waals surface area contributed by atoms with E-state index in [-0.39, 0.29) is 11.3 Å². The van der Waals surface area contributed by atoms with Crippen molar-refractivity contribution < 1.29 is 4.79 Å². The number of hydrogen-bond donors (Lipinski definition) is 3. The molecule has 3 N–H and O–H groups in total. The molecule has 5 nitrogen and oxygen atoms in total. The summed E-state index contributed by atoms with van der Waals surface area (Å²) in [7, 11) is 1.80. The third-order valence-electron chi connectivity index (χ3n) is 3.55. The summed E-state index contributed by atoms with van der Waals surface area (Å²) in [6, 6.07) is 0. The van der Waals surface area contributed by atoms with E-state index < -0.39 is 5.54 Å². The van der Waals surface area contributed by atoms with Crippen LogP contribution >= 0.6 is 0 Å². The minimum Gasteiger partial charge on any atom is -0.313 e. The standard InChI is InChI=1S/C14H30N4O/c1-11(18-15-7)13(3,4)16-9-8-10-17-14(5,6)12(2)19/h15-17H,8-10H2,1-7H3. The molecule has 112 valence electrons. The average molecular weight is 270 g/mol. The van der Waals surface area contributed by atoms with Gasteiger partial charge in [-0.15, -0.1) is 0 Å². The molecule has 0 aliphatic rings. The fourth-order valence-corrected chi connectivity index (χ4v) is 1.45. The summed E-state index contributed by atoms with van der Waals surface area (Å²) in [5, 5.41) is 10.9. The normalized spacial score (nSPS) is 13.5. The summed E-state index contributed by atoms with van der Waals surface area (Å²) >= 11 is 0. The van der Waals surface area contributed by atoms with Gasteiger partial charge in [0.25, 0.3) is 0 Å². The van der Waals surface area contributed by atoms with Crippen LogP contribution in [0.2, 0.25) is 0 Å². The Balaban J connectivity index is 3.99. The van der Waals surface area contributed by atoms with Gasteiger partial charge in [0.05, 0.1) is 16.8 Å². The SMILES string of the molecule is CNN=C(C)C(C)(C)NCCCNC(C)(C)C(C)=O. The van der Waals surface area contributed by atoms with Gasteiger partial charge in [-0.2, -0.15) is 5.10 Å². The lowest BCUT2D eigenvalue weighted by molar-refractivity contribution is -0.122. The van der Waals surface area contributed by atoms with Gasteiger partial charge in [-0.05, 0) is 61.1 Å². The van der Waals surface area contributed by atoms with Crippen molar-refractivity contribution in [2.75, 3.05) is 20.1 Å². The number of rotatable bonds is 9. The van der Waals surface area contributed by atoms with Gasteiger partial charge >= 0.3 is 0 Å². The number of hydrazone groups is 1. The molecule has 0 aliphatic heterocycles. The molecule has 0 radical (unpaired) electrons. The second-order valence-corrected chi connectivity index (χ2v) is 5.93. The maximum atomic E-state index is 11.3. The van der Waals surface area contributed by atoms with Crippen molar-refractivity contribution in [3.8, 4) is 0 Å². The van der Waals surface area contributed by atoms with E-state index >= 15 is 0 Å². The number of Topliss-reactive ketones (excluding diaryl/α,β-unsaturated/α-hetero) is 1. The third kappa shape index (κ3) is 6.68. The van der Waals surface area contributed by atoms with Crippen LogP contribution in [0.3, 0.4) is 0 Å². The van der Waals surface area contributed by atoms with Gasteiger partial charge in [0.2, 0.25) is 0 Å². The Morgan fingerprint density at radius 2 is 1.47 bits per heavy atom. The van der Waals surface area contributed by atoms with Crippen LogP contribution < -0.4 is 16.1 Å². The van der Waals surface area contributed by atoms with Crippen LogP contribution in [-0.2, 0) is 4.79 Å². The van der Waals surface area contributed by atoms with E-state index in [2.05, 4.69) is 35.0 Å². The van der Waals surface area contributed by atoms with Crippen molar-refractivity contribution in [3.05, 3.63) is 0 Å². The minimum atomic E-state index is -0.432. The second kappa shape index (κ2) is 7.60. The summed E-state index contributed by atoms with van der Waals surface area (Å²) in [6.07, 6.45) is 0.965. The van der Waals surface area contributed by atoms with Gasteiger partial charge in [-0.3, -0.25) is 4.79 Å². The van der Waals surface area contributed by atoms with Gasteiger partial charge in [0.15, 0.2) is 0 Å². The van der Waals surface area contributed by atoms with Gasteiger partial charge in [0.1, 0.15) is 5.78 Å². The predicted octanol–water partition coefficient (Wildman–Crippen LogP) is 1.30. The van der Waals surface area contributed by atoms with Crippen LogP contribution in [0.25, 0.3) is 0 Å². The summed E-state index contributed by atoms with van der Waals surface area (Å²) in [6.45, 7) is 13.4. The monoisotopic (exact) mass is 270 g/mol. The molecule has 0 atom stereocenters. The molecule has 0 saturated carbocycles. The molecular weight excluding hydrogens is 240 g/mol. The van der Waals surface area contributed by atoms with Crippen LogP contribution in [0, 0.1) is 0 Å². The second-order valence-electron chi connectivity index (χ2n) is 5.93. The zero-order valence-corrected chi connectivity index (χ0v) is 13.5. The first kappa shape index (κ1) is 18.1. The van der Waals surface area contributed by atoms with E-state index in [1.165, 1.54) is 0 Å². The molecule has 0 aromatic carbocycles. The van der Waals surface area contributed by atoms with Crippen molar-refractivity contribution >= 4 is 11.5 Å². The zero-order chi connectivity index (χ0) is 15.1. The van der Waals surface area contributed by atoms with Crippen LogP contribution in [0.1, 0.15) is 48.0 Å². The van der Waals surface area contributed by atoms with Gasteiger partial charge in [-0.25, -0.2) is 0 Å². The molecule has 0 spiro atoms. The van der Waals surface area contributed by atoms with E-state index in [0.29, 0.717) is 0 Å². The van der Waals surface area contributed by atoms with Gasteiger partial charge in [0, 0.05) is 7.05 Å². The molecule has 0 aliphatic carbocycles. The van der Waals surface area contributed by atoms with E-state index in [0.717, 1.165) is 25.2 Å². The molecule has 0 aromatic heterocycles. The molecule has 5 heteroatoms. The summed E-state index contributed by atoms with van der Waals surface area (Å²) in [5.41, 5.74) is 3.27. The van der Waals surface area contributed by atoms with E-state index in [1.54, 1.807) is 14.0 Å². The number of nitrogens with zero attached hydrogens (tertiary/aromatic N) is 1. The van der Waals surface area contributed by atoms with Crippen molar-refractivity contribution in [2.24, 2.45) is 5.10 Å².